The van der Waals surface area contributed by atoms with Crippen LogP contribution in [0.5, 0.6) is 0 Å². The van der Waals surface area contributed by atoms with E-state index in [0.717, 1.165) is 6.54 Å². The quantitative estimate of drug-likeness (QED) is 0.664. The molecule has 1 aliphatic heterocycles. The molecule has 0 N–H and O–H groups in total. The monoisotopic (exact) mass is 173 g/mol. The van der Waals surface area contributed by atoms with Crippen LogP contribution in [0.3, 0.4) is 0 Å². The lowest BCUT2D eigenvalue weighted by Gasteiger charge is -2.18. The van der Waals surface area contributed by atoms with Crippen LogP contribution in [0.1, 0.15) is 18.4 Å². The second kappa shape index (κ2) is 3.65. The summed E-state index contributed by atoms with van der Waals surface area (Å²) in [7, 11) is 0. The molecule has 1 saturated heterocycles. The molecular weight excluding hydrogens is 158 g/mol. The van der Waals surface area contributed by atoms with E-state index < -0.39 is 0 Å². The van der Waals surface area contributed by atoms with Crippen LogP contribution in [-0.2, 0) is 6.54 Å². The van der Waals surface area contributed by atoms with Gasteiger partial charge in [-0.25, -0.2) is 0 Å². The van der Waals surface area contributed by atoms with Crippen LogP contribution in [0.15, 0.2) is 42.6 Å². The van der Waals surface area contributed by atoms with E-state index in [0.29, 0.717) is 0 Å². The van der Waals surface area contributed by atoms with Crippen LogP contribution in [0.25, 0.3) is 0 Å². The number of benzene rings is 1. The van der Waals surface area contributed by atoms with Crippen molar-refractivity contribution in [3.63, 3.8) is 0 Å². The van der Waals surface area contributed by atoms with E-state index in [1.807, 2.05) is 0 Å². The van der Waals surface area contributed by atoms with Gasteiger partial charge in [-0.05, 0) is 18.4 Å². The maximum absolute atomic E-state index is 4.06. The predicted octanol–water partition coefficient (Wildman–Crippen LogP) is 2.80. The first kappa shape index (κ1) is 8.36. The van der Waals surface area contributed by atoms with Crippen molar-refractivity contribution in [2.75, 3.05) is 6.54 Å². The molecule has 1 aliphatic rings. The summed E-state index contributed by atoms with van der Waals surface area (Å²) in [4.78, 5) is 2.37. The van der Waals surface area contributed by atoms with Crippen molar-refractivity contribution in [1.29, 1.82) is 0 Å². The number of nitrogens with zero attached hydrogens (tertiary/aromatic N) is 1. The fraction of sp³-hybridized carbons (Fsp3) is 0.333. The van der Waals surface area contributed by atoms with Gasteiger partial charge < -0.3 is 4.90 Å². The van der Waals surface area contributed by atoms with Crippen molar-refractivity contribution >= 4 is 0 Å². The fourth-order valence-electron chi connectivity index (χ4n) is 1.78. The minimum atomic E-state index is 1.03. The molecule has 0 bridgehead atoms. The Labute approximate surface area is 79.7 Å². The summed E-state index contributed by atoms with van der Waals surface area (Å²) in [6.07, 6.45) is 2.44. The maximum Gasteiger partial charge on any atom is 0.0426 e. The first-order chi connectivity index (χ1) is 6.36. The zero-order chi connectivity index (χ0) is 9.10. The van der Waals surface area contributed by atoms with Gasteiger partial charge in [-0.1, -0.05) is 36.9 Å². The molecule has 68 valence electrons. The number of likely N-dealkylation sites (tertiary alicyclic amines) is 1. The molecule has 1 heteroatoms. The average molecular weight is 173 g/mol. The summed E-state index contributed by atoms with van der Waals surface area (Å²) in [5.74, 6) is 0. The van der Waals surface area contributed by atoms with Gasteiger partial charge in [-0.2, -0.15) is 0 Å². The van der Waals surface area contributed by atoms with Crippen LogP contribution >= 0.6 is 0 Å². The fourth-order valence-corrected chi connectivity index (χ4v) is 1.78. The minimum Gasteiger partial charge on any atom is -0.371 e. The molecule has 2 rings (SSSR count). The summed E-state index contributed by atoms with van der Waals surface area (Å²) in [5.41, 5.74) is 2.68. The lowest BCUT2D eigenvalue weighted by Crippen LogP contribution is -2.16. The molecule has 0 aliphatic carbocycles. The SMILES string of the molecule is C=C1CCCN1Cc1ccccc1. The molecule has 0 spiro atoms. The van der Waals surface area contributed by atoms with Gasteiger partial charge in [-0.15, -0.1) is 0 Å². The highest BCUT2D eigenvalue weighted by Gasteiger charge is 2.14. The van der Waals surface area contributed by atoms with Gasteiger partial charge in [0.15, 0.2) is 0 Å². The second-order valence-electron chi connectivity index (χ2n) is 3.58. The van der Waals surface area contributed by atoms with Gasteiger partial charge in [0.25, 0.3) is 0 Å². The van der Waals surface area contributed by atoms with Gasteiger partial charge in [0.1, 0.15) is 0 Å². The van der Waals surface area contributed by atoms with E-state index in [4.69, 9.17) is 0 Å². The molecule has 1 aromatic rings. The van der Waals surface area contributed by atoms with Crippen molar-refractivity contribution in [1.82, 2.24) is 4.90 Å². The van der Waals surface area contributed by atoms with Gasteiger partial charge in [0.2, 0.25) is 0 Å². The number of allylic oxidation sites excluding steroid dienone is 1. The Morgan fingerprint density at radius 2 is 2.00 bits per heavy atom. The summed E-state index contributed by atoms with van der Waals surface area (Å²) in [6, 6.07) is 10.6. The minimum absolute atomic E-state index is 1.03. The van der Waals surface area contributed by atoms with Crippen molar-refractivity contribution < 1.29 is 0 Å². The first-order valence-corrected chi connectivity index (χ1v) is 4.83. The zero-order valence-electron chi connectivity index (χ0n) is 7.87. The third-order valence-electron chi connectivity index (χ3n) is 2.56. The predicted molar refractivity (Wildman–Crippen MR) is 55.2 cm³/mol. The molecule has 13 heavy (non-hydrogen) atoms. The highest BCUT2D eigenvalue weighted by atomic mass is 15.1. The van der Waals surface area contributed by atoms with Crippen LogP contribution in [0, 0.1) is 0 Å². The first-order valence-electron chi connectivity index (χ1n) is 4.83. The van der Waals surface area contributed by atoms with Gasteiger partial charge >= 0.3 is 0 Å². The summed E-state index contributed by atoms with van der Waals surface area (Å²) in [5, 5.41) is 0. The van der Waals surface area contributed by atoms with Crippen molar-refractivity contribution in [2.24, 2.45) is 0 Å². The zero-order valence-corrected chi connectivity index (χ0v) is 7.87. The molecule has 0 atom stereocenters. The molecule has 0 radical (unpaired) electrons. The number of hydrogen-bond donors (Lipinski definition) is 0. The second-order valence-corrected chi connectivity index (χ2v) is 3.58. The third-order valence-corrected chi connectivity index (χ3v) is 2.56. The van der Waals surface area contributed by atoms with E-state index in [1.54, 1.807) is 0 Å². The molecule has 1 nitrogen and oxygen atoms in total. The van der Waals surface area contributed by atoms with E-state index in [2.05, 4.69) is 41.8 Å². The molecule has 0 aromatic heterocycles. The van der Waals surface area contributed by atoms with Gasteiger partial charge in [0, 0.05) is 18.8 Å². The third kappa shape index (κ3) is 1.92. The Balaban J connectivity index is 2.02. The summed E-state index contributed by atoms with van der Waals surface area (Å²) < 4.78 is 0. The van der Waals surface area contributed by atoms with Crippen LogP contribution < -0.4 is 0 Å². The lowest BCUT2D eigenvalue weighted by molar-refractivity contribution is 0.387. The van der Waals surface area contributed by atoms with Crippen molar-refractivity contribution in [3.8, 4) is 0 Å². The molecule has 1 fully saturated rings. The van der Waals surface area contributed by atoms with Crippen LogP contribution in [0.2, 0.25) is 0 Å². The molecule has 1 heterocycles. The average Bonchev–Trinajstić information content (AvgIpc) is 2.54. The Bertz CT molecular complexity index is 289. The summed E-state index contributed by atoms with van der Waals surface area (Å²) >= 11 is 0. The topological polar surface area (TPSA) is 3.24 Å². The van der Waals surface area contributed by atoms with Gasteiger partial charge in [0.05, 0.1) is 0 Å². The smallest absolute Gasteiger partial charge is 0.0426 e. The Hall–Kier alpha value is -1.24. The molecule has 1 aromatic carbocycles. The maximum atomic E-state index is 4.06. The Morgan fingerprint density at radius 3 is 2.62 bits per heavy atom. The number of rotatable bonds is 2. The van der Waals surface area contributed by atoms with E-state index in [1.165, 1.54) is 30.6 Å². The Morgan fingerprint density at radius 1 is 1.23 bits per heavy atom. The summed E-state index contributed by atoms with van der Waals surface area (Å²) in [6.45, 7) is 6.26. The largest absolute Gasteiger partial charge is 0.371 e. The molecular formula is C12H15N. The molecule has 0 unspecified atom stereocenters. The highest BCUT2D eigenvalue weighted by molar-refractivity contribution is 5.16. The van der Waals surface area contributed by atoms with E-state index >= 15 is 0 Å². The van der Waals surface area contributed by atoms with Crippen LogP contribution in [-0.4, -0.2) is 11.4 Å². The number of hydrogen-bond acceptors (Lipinski definition) is 1. The molecule has 0 amide bonds. The van der Waals surface area contributed by atoms with Crippen LogP contribution in [0.4, 0.5) is 0 Å². The highest BCUT2D eigenvalue weighted by Crippen LogP contribution is 2.21. The van der Waals surface area contributed by atoms with Crippen molar-refractivity contribution in [3.05, 3.63) is 48.2 Å². The Kier molecular flexibility index (Phi) is 2.35. The van der Waals surface area contributed by atoms with E-state index in [9.17, 15) is 0 Å². The lowest BCUT2D eigenvalue weighted by atomic mass is 10.2. The standard InChI is InChI=1S/C12H15N/c1-11-6-5-9-13(11)10-12-7-3-2-4-8-12/h2-4,7-8H,1,5-6,9-10H2. The van der Waals surface area contributed by atoms with E-state index in [-0.39, 0.29) is 0 Å². The molecule has 0 saturated carbocycles. The van der Waals surface area contributed by atoms with Gasteiger partial charge in [-0.3, -0.25) is 0 Å². The normalized spacial score (nSPS) is 16.6. The van der Waals surface area contributed by atoms with Crippen molar-refractivity contribution in [2.45, 2.75) is 19.4 Å².